The zero-order valence-corrected chi connectivity index (χ0v) is 18.1. The molecule has 30 heavy (non-hydrogen) atoms. The van der Waals surface area contributed by atoms with Crippen molar-refractivity contribution in [3.63, 3.8) is 0 Å². The van der Waals surface area contributed by atoms with Crippen molar-refractivity contribution in [2.45, 2.75) is 50.8 Å². The van der Waals surface area contributed by atoms with E-state index in [0.29, 0.717) is 19.7 Å². The summed E-state index contributed by atoms with van der Waals surface area (Å²) in [5.41, 5.74) is 2.14. The highest BCUT2D eigenvalue weighted by Crippen LogP contribution is 2.36. The molecule has 1 aromatic rings. The lowest BCUT2D eigenvalue weighted by atomic mass is 9.99. The van der Waals surface area contributed by atoms with E-state index in [1.165, 1.54) is 7.11 Å². The first-order valence-electron chi connectivity index (χ1n) is 10.7. The van der Waals surface area contributed by atoms with Gasteiger partial charge in [-0.3, -0.25) is 4.79 Å². The van der Waals surface area contributed by atoms with Crippen LogP contribution < -0.4 is 15.4 Å². The maximum Gasteiger partial charge on any atom is 0.406 e. The Morgan fingerprint density at radius 3 is 2.77 bits per heavy atom. The second-order valence-electron chi connectivity index (χ2n) is 7.81. The van der Waals surface area contributed by atoms with Crippen molar-refractivity contribution in [2.75, 3.05) is 40.5 Å². The summed E-state index contributed by atoms with van der Waals surface area (Å²) in [4.78, 5) is 26.4. The van der Waals surface area contributed by atoms with E-state index in [4.69, 9.17) is 9.47 Å². The van der Waals surface area contributed by atoms with Gasteiger partial charge in [-0.2, -0.15) is 0 Å². The number of benzene rings is 1. The third-order valence-electron chi connectivity index (χ3n) is 5.68. The molecule has 0 aromatic heterocycles. The van der Waals surface area contributed by atoms with E-state index in [2.05, 4.69) is 28.4 Å². The molecule has 1 aliphatic heterocycles. The summed E-state index contributed by atoms with van der Waals surface area (Å²) in [6.07, 6.45) is 2.75. The number of alkyl carbamates (subject to hydrolysis) is 1. The molecule has 2 amide bonds. The van der Waals surface area contributed by atoms with Crippen molar-refractivity contribution in [3.05, 3.63) is 29.3 Å². The highest BCUT2D eigenvalue weighted by Gasteiger charge is 2.40. The minimum Gasteiger partial charge on any atom is -0.496 e. The van der Waals surface area contributed by atoms with Gasteiger partial charge in [-0.15, -0.1) is 0 Å². The molecule has 0 radical (unpaired) electrons. The Hall–Kier alpha value is -2.32. The molecule has 8 nitrogen and oxygen atoms in total. The highest BCUT2D eigenvalue weighted by molar-refractivity contribution is 5.82. The molecule has 2 aliphatic rings. The number of hydrogen-bond donors (Lipinski definition) is 2. The molecule has 1 aliphatic carbocycles. The molecule has 0 bridgehead atoms. The molecule has 0 unspecified atom stereocenters. The lowest BCUT2D eigenvalue weighted by Crippen LogP contribution is -2.50. The molecule has 1 heterocycles. The molecule has 8 heteroatoms. The van der Waals surface area contributed by atoms with Gasteiger partial charge in [0.25, 0.3) is 5.91 Å². The number of hydrogen-bond acceptors (Lipinski definition) is 6. The van der Waals surface area contributed by atoms with Gasteiger partial charge in [-0.1, -0.05) is 12.1 Å². The van der Waals surface area contributed by atoms with Crippen LogP contribution in [0.2, 0.25) is 0 Å². The summed E-state index contributed by atoms with van der Waals surface area (Å²) < 4.78 is 15.8. The molecule has 2 fully saturated rings. The average molecular weight is 420 g/mol. The number of rotatable bonds is 9. The predicted molar refractivity (Wildman–Crippen MR) is 113 cm³/mol. The molecular weight excluding hydrogens is 386 g/mol. The lowest BCUT2D eigenvalue weighted by molar-refractivity contribution is -0.148. The Balaban J connectivity index is 1.70. The number of aryl methyl sites for hydroxylation is 1. The molecule has 1 aromatic carbocycles. The number of methoxy groups -OCH3 is 2. The van der Waals surface area contributed by atoms with Gasteiger partial charge >= 0.3 is 6.09 Å². The van der Waals surface area contributed by atoms with Crippen LogP contribution in [0.4, 0.5) is 4.79 Å². The summed E-state index contributed by atoms with van der Waals surface area (Å²) in [6.45, 7) is 4.52. The van der Waals surface area contributed by atoms with E-state index >= 15 is 0 Å². The Labute approximate surface area is 178 Å². The van der Waals surface area contributed by atoms with E-state index in [-0.39, 0.29) is 18.0 Å². The number of ether oxygens (including phenoxy) is 3. The van der Waals surface area contributed by atoms with Crippen molar-refractivity contribution < 1.29 is 23.8 Å². The summed E-state index contributed by atoms with van der Waals surface area (Å²) in [7, 11) is 3.01. The summed E-state index contributed by atoms with van der Waals surface area (Å²) in [5.74, 6) is 0.880. The first-order chi connectivity index (χ1) is 14.5. The topological polar surface area (TPSA) is 89.1 Å². The minimum atomic E-state index is -0.428. The van der Waals surface area contributed by atoms with Crippen LogP contribution in [0.1, 0.15) is 43.4 Å². The normalized spacial score (nSPS) is 19.6. The predicted octanol–water partition coefficient (Wildman–Crippen LogP) is 2.02. The van der Waals surface area contributed by atoms with Crippen LogP contribution >= 0.6 is 0 Å². The maximum absolute atomic E-state index is 13.2. The van der Waals surface area contributed by atoms with Crippen molar-refractivity contribution >= 4 is 12.0 Å². The first-order valence-corrected chi connectivity index (χ1v) is 10.7. The monoisotopic (exact) mass is 419 g/mol. The molecule has 1 saturated heterocycles. The molecule has 0 spiro atoms. The number of carbonyl (C=O) groups excluding carboxylic acids is 2. The third kappa shape index (κ3) is 5.64. The van der Waals surface area contributed by atoms with E-state index in [9.17, 15) is 9.59 Å². The smallest absolute Gasteiger partial charge is 0.406 e. The van der Waals surface area contributed by atoms with E-state index < -0.39 is 12.2 Å². The highest BCUT2D eigenvalue weighted by atomic mass is 16.5. The van der Waals surface area contributed by atoms with Gasteiger partial charge < -0.3 is 29.7 Å². The summed E-state index contributed by atoms with van der Waals surface area (Å²) in [5, 5.41) is 5.94. The summed E-state index contributed by atoms with van der Waals surface area (Å²) >= 11 is 0. The van der Waals surface area contributed by atoms with Gasteiger partial charge in [0.1, 0.15) is 11.9 Å². The molecule has 2 N–H and O–H groups in total. The zero-order valence-electron chi connectivity index (χ0n) is 18.1. The molecule has 1 saturated carbocycles. The Bertz CT molecular complexity index is 731. The van der Waals surface area contributed by atoms with Crippen LogP contribution in [-0.4, -0.2) is 69.5 Å². The van der Waals surface area contributed by atoms with E-state index in [0.717, 1.165) is 49.1 Å². The van der Waals surface area contributed by atoms with Gasteiger partial charge in [0, 0.05) is 25.7 Å². The molecular formula is C22H33N3O5. The fourth-order valence-electron chi connectivity index (χ4n) is 3.89. The third-order valence-corrected chi connectivity index (χ3v) is 5.68. The second-order valence-corrected chi connectivity index (χ2v) is 7.81. The standard InChI is InChI=1S/C22H33N3O5/c1-15(25(18-7-8-18)21(26)20-14-23-11-12-30-20)16-6-9-19(28-2)17(13-16)5-4-10-24-22(27)29-3/h6,9,13,15,18,20,23H,4-5,7-8,10-12,14H2,1-3H3,(H,24,27)/t15-,20+/m0/s1. The van der Waals surface area contributed by atoms with Crippen molar-refractivity contribution in [2.24, 2.45) is 0 Å². The van der Waals surface area contributed by atoms with Gasteiger partial charge in [-0.25, -0.2) is 4.79 Å². The minimum absolute atomic E-state index is 0.0478. The summed E-state index contributed by atoms with van der Waals surface area (Å²) in [6, 6.07) is 6.34. The largest absolute Gasteiger partial charge is 0.496 e. The molecule has 3 rings (SSSR count). The number of amides is 2. The number of carbonyl (C=O) groups is 2. The van der Waals surface area contributed by atoms with Crippen LogP contribution in [0.25, 0.3) is 0 Å². The fraction of sp³-hybridized carbons (Fsp3) is 0.636. The number of morpholine rings is 1. The van der Waals surface area contributed by atoms with Crippen LogP contribution in [0, 0.1) is 0 Å². The van der Waals surface area contributed by atoms with Crippen LogP contribution in [0.15, 0.2) is 18.2 Å². The van der Waals surface area contributed by atoms with Crippen LogP contribution in [0.5, 0.6) is 5.75 Å². The maximum atomic E-state index is 13.2. The number of nitrogens with one attached hydrogen (secondary N) is 2. The number of nitrogens with zero attached hydrogens (tertiary/aromatic N) is 1. The Morgan fingerprint density at radius 1 is 1.33 bits per heavy atom. The Morgan fingerprint density at radius 2 is 2.13 bits per heavy atom. The average Bonchev–Trinajstić information content (AvgIpc) is 3.62. The SMILES string of the molecule is COC(=O)NCCCc1cc([C@H](C)N(C(=O)[C@H]2CNCCO2)C2CC2)ccc1OC. The van der Waals surface area contributed by atoms with Crippen LogP contribution in [-0.2, 0) is 20.7 Å². The lowest BCUT2D eigenvalue weighted by Gasteiger charge is -2.34. The van der Waals surface area contributed by atoms with Gasteiger partial charge in [0.2, 0.25) is 0 Å². The van der Waals surface area contributed by atoms with Gasteiger partial charge in [-0.05, 0) is 49.8 Å². The second kappa shape index (κ2) is 10.6. The molecule has 2 atom stereocenters. The first kappa shape index (κ1) is 22.4. The van der Waals surface area contributed by atoms with Gasteiger partial charge in [0.05, 0.1) is 26.9 Å². The van der Waals surface area contributed by atoms with Crippen molar-refractivity contribution in [3.8, 4) is 5.75 Å². The Kier molecular flexibility index (Phi) is 7.93. The van der Waals surface area contributed by atoms with Crippen LogP contribution in [0.3, 0.4) is 0 Å². The van der Waals surface area contributed by atoms with E-state index in [1.807, 2.05) is 17.0 Å². The van der Waals surface area contributed by atoms with E-state index in [1.54, 1.807) is 7.11 Å². The molecule has 166 valence electrons. The zero-order chi connectivity index (χ0) is 21.5. The van der Waals surface area contributed by atoms with Crippen molar-refractivity contribution in [1.82, 2.24) is 15.5 Å². The van der Waals surface area contributed by atoms with Crippen molar-refractivity contribution in [1.29, 1.82) is 0 Å². The van der Waals surface area contributed by atoms with Gasteiger partial charge in [0.15, 0.2) is 0 Å². The fourth-order valence-corrected chi connectivity index (χ4v) is 3.89. The quantitative estimate of drug-likeness (QED) is 0.596.